The molecule has 1 atom stereocenters. The van der Waals surface area contributed by atoms with E-state index in [0.29, 0.717) is 38.8 Å². The number of hydrogen-bond donors (Lipinski definition) is 3. The van der Waals surface area contributed by atoms with Crippen LogP contribution in [0.4, 0.5) is 0 Å². The van der Waals surface area contributed by atoms with E-state index in [1.807, 2.05) is 0 Å². The maximum absolute atomic E-state index is 11.7. The predicted molar refractivity (Wildman–Crippen MR) is 74.4 cm³/mol. The molecule has 1 unspecified atom stereocenters. The van der Waals surface area contributed by atoms with Crippen molar-refractivity contribution in [1.82, 2.24) is 16.0 Å². The summed E-state index contributed by atoms with van der Waals surface area (Å²) in [6.45, 7) is 0.897. The highest BCUT2D eigenvalue weighted by Crippen LogP contribution is 2.03. The Morgan fingerprint density at radius 1 is 1.43 bits per heavy atom. The van der Waals surface area contributed by atoms with E-state index >= 15 is 0 Å². The van der Waals surface area contributed by atoms with Crippen molar-refractivity contribution in [3.63, 3.8) is 0 Å². The summed E-state index contributed by atoms with van der Waals surface area (Å²) < 4.78 is 4.96. The SMILES string of the molecule is O=C1CCC(NC(=O)CCCNC(=O)c2ccco2)CN1. The lowest BCUT2D eigenvalue weighted by Crippen LogP contribution is -2.47. The van der Waals surface area contributed by atoms with Crippen molar-refractivity contribution < 1.29 is 18.8 Å². The number of rotatable bonds is 6. The van der Waals surface area contributed by atoms with Crippen LogP contribution < -0.4 is 16.0 Å². The Morgan fingerprint density at radius 2 is 2.29 bits per heavy atom. The van der Waals surface area contributed by atoms with Gasteiger partial charge in [0.05, 0.1) is 6.26 Å². The highest BCUT2D eigenvalue weighted by Gasteiger charge is 2.19. The highest BCUT2D eigenvalue weighted by molar-refractivity contribution is 5.91. The van der Waals surface area contributed by atoms with E-state index in [1.54, 1.807) is 12.1 Å². The van der Waals surface area contributed by atoms with Crippen LogP contribution in [-0.4, -0.2) is 36.9 Å². The molecular formula is C14H19N3O4. The lowest BCUT2D eigenvalue weighted by molar-refractivity contribution is -0.125. The van der Waals surface area contributed by atoms with Gasteiger partial charge in [-0.1, -0.05) is 0 Å². The quantitative estimate of drug-likeness (QED) is 0.651. The molecule has 1 aromatic heterocycles. The molecule has 0 aromatic carbocycles. The van der Waals surface area contributed by atoms with Gasteiger partial charge in [0, 0.05) is 32.0 Å². The van der Waals surface area contributed by atoms with Crippen LogP contribution in [0, 0.1) is 0 Å². The van der Waals surface area contributed by atoms with Crippen LogP contribution in [0.1, 0.15) is 36.2 Å². The van der Waals surface area contributed by atoms with E-state index in [9.17, 15) is 14.4 Å². The first kappa shape index (κ1) is 15.1. The first-order valence-corrected chi connectivity index (χ1v) is 7.03. The monoisotopic (exact) mass is 293 g/mol. The number of amides is 3. The Hall–Kier alpha value is -2.31. The number of hydrogen-bond acceptors (Lipinski definition) is 4. The van der Waals surface area contributed by atoms with Crippen molar-refractivity contribution in [2.75, 3.05) is 13.1 Å². The Morgan fingerprint density at radius 3 is 2.95 bits per heavy atom. The molecule has 1 aliphatic heterocycles. The zero-order chi connectivity index (χ0) is 15.1. The lowest BCUT2D eigenvalue weighted by atomic mass is 10.1. The summed E-state index contributed by atoms with van der Waals surface area (Å²) in [7, 11) is 0. The summed E-state index contributed by atoms with van der Waals surface area (Å²) in [5.41, 5.74) is 0. The summed E-state index contributed by atoms with van der Waals surface area (Å²) in [6.07, 6.45) is 3.45. The Kier molecular flexibility index (Phi) is 5.36. The fourth-order valence-electron chi connectivity index (χ4n) is 2.10. The van der Waals surface area contributed by atoms with Crippen LogP contribution in [0.5, 0.6) is 0 Å². The Bertz CT molecular complexity index is 488. The molecule has 0 spiro atoms. The van der Waals surface area contributed by atoms with Crippen molar-refractivity contribution in [2.45, 2.75) is 31.7 Å². The van der Waals surface area contributed by atoms with E-state index in [0.717, 1.165) is 0 Å². The van der Waals surface area contributed by atoms with Crippen molar-refractivity contribution in [3.05, 3.63) is 24.2 Å². The minimum Gasteiger partial charge on any atom is -0.459 e. The zero-order valence-electron chi connectivity index (χ0n) is 11.7. The molecule has 7 heteroatoms. The maximum atomic E-state index is 11.7. The molecule has 3 N–H and O–H groups in total. The van der Waals surface area contributed by atoms with Gasteiger partial charge in [0.25, 0.3) is 5.91 Å². The first-order valence-electron chi connectivity index (χ1n) is 7.03. The minimum atomic E-state index is -0.282. The van der Waals surface area contributed by atoms with Gasteiger partial charge in [-0.25, -0.2) is 0 Å². The van der Waals surface area contributed by atoms with Gasteiger partial charge in [-0.3, -0.25) is 14.4 Å². The third-order valence-electron chi connectivity index (χ3n) is 3.24. The van der Waals surface area contributed by atoms with Gasteiger partial charge < -0.3 is 20.4 Å². The van der Waals surface area contributed by atoms with Crippen LogP contribution >= 0.6 is 0 Å². The van der Waals surface area contributed by atoms with Gasteiger partial charge in [0.2, 0.25) is 11.8 Å². The molecule has 1 saturated heterocycles. The second-order valence-electron chi connectivity index (χ2n) is 4.94. The van der Waals surface area contributed by atoms with Gasteiger partial charge in [0.15, 0.2) is 5.76 Å². The fourth-order valence-corrected chi connectivity index (χ4v) is 2.10. The number of piperidine rings is 1. The van der Waals surface area contributed by atoms with Crippen molar-refractivity contribution >= 4 is 17.7 Å². The smallest absolute Gasteiger partial charge is 0.286 e. The summed E-state index contributed by atoms with van der Waals surface area (Å²) in [5, 5.41) is 8.26. The molecule has 3 amide bonds. The molecule has 21 heavy (non-hydrogen) atoms. The van der Waals surface area contributed by atoms with Crippen molar-refractivity contribution in [2.24, 2.45) is 0 Å². The predicted octanol–water partition coefficient (Wildman–Crippen LogP) is 0.184. The molecule has 1 aliphatic rings. The van der Waals surface area contributed by atoms with Crippen LogP contribution in [-0.2, 0) is 9.59 Å². The maximum Gasteiger partial charge on any atom is 0.286 e. The number of furan rings is 1. The lowest BCUT2D eigenvalue weighted by Gasteiger charge is -2.23. The van der Waals surface area contributed by atoms with Gasteiger partial charge in [-0.05, 0) is 25.0 Å². The molecule has 0 radical (unpaired) electrons. The molecule has 1 aromatic rings. The standard InChI is InChI=1S/C14H19N3O4/c18-12-6-5-10(9-16-12)17-13(19)4-1-7-15-14(20)11-3-2-8-21-11/h2-3,8,10H,1,4-7,9H2,(H,15,20)(H,16,18)(H,17,19). The first-order chi connectivity index (χ1) is 10.1. The van der Waals surface area contributed by atoms with E-state index in [2.05, 4.69) is 16.0 Å². The van der Waals surface area contributed by atoms with Gasteiger partial charge in [-0.15, -0.1) is 0 Å². The second kappa shape index (κ2) is 7.47. The van der Waals surface area contributed by atoms with E-state index in [4.69, 9.17) is 4.42 Å². The highest BCUT2D eigenvalue weighted by atomic mass is 16.3. The Labute approximate surface area is 122 Å². The third kappa shape index (κ3) is 4.94. The second-order valence-corrected chi connectivity index (χ2v) is 4.94. The molecular weight excluding hydrogens is 274 g/mol. The number of nitrogens with one attached hydrogen (secondary N) is 3. The van der Waals surface area contributed by atoms with Crippen LogP contribution in [0.2, 0.25) is 0 Å². The average molecular weight is 293 g/mol. The van der Waals surface area contributed by atoms with E-state index < -0.39 is 0 Å². The van der Waals surface area contributed by atoms with Crippen LogP contribution in [0.3, 0.4) is 0 Å². The van der Waals surface area contributed by atoms with Gasteiger partial charge in [-0.2, -0.15) is 0 Å². The van der Waals surface area contributed by atoms with Crippen LogP contribution in [0.15, 0.2) is 22.8 Å². The molecule has 2 heterocycles. The minimum absolute atomic E-state index is 0.00732. The Balaban J connectivity index is 1.57. The summed E-state index contributed by atoms with van der Waals surface area (Å²) >= 11 is 0. The zero-order valence-corrected chi connectivity index (χ0v) is 11.7. The van der Waals surface area contributed by atoms with Crippen molar-refractivity contribution in [3.8, 4) is 0 Å². The molecule has 0 saturated carbocycles. The van der Waals surface area contributed by atoms with Crippen LogP contribution in [0.25, 0.3) is 0 Å². The van der Waals surface area contributed by atoms with E-state index in [-0.39, 0.29) is 29.5 Å². The largest absolute Gasteiger partial charge is 0.459 e. The molecule has 2 rings (SSSR count). The average Bonchev–Trinajstić information content (AvgIpc) is 3.00. The van der Waals surface area contributed by atoms with Crippen molar-refractivity contribution in [1.29, 1.82) is 0 Å². The molecule has 0 bridgehead atoms. The summed E-state index contributed by atoms with van der Waals surface area (Å²) in [4.78, 5) is 34.3. The fraction of sp³-hybridized carbons (Fsp3) is 0.500. The molecule has 7 nitrogen and oxygen atoms in total. The summed E-state index contributed by atoms with van der Waals surface area (Å²) in [6, 6.07) is 3.23. The molecule has 0 aliphatic carbocycles. The third-order valence-corrected chi connectivity index (χ3v) is 3.24. The van der Waals surface area contributed by atoms with Gasteiger partial charge in [0.1, 0.15) is 0 Å². The normalized spacial score (nSPS) is 17.9. The summed E-state index contributed by atoms with van der Waals surface area (Å²) in [5.74, 6) is -0.0580. The van der Waals surface area contributed by atoms with Gasteiger partial charge >= 0.3 is 0 Å². The number of carbonyl (C=O) groups excluding carboxylic acids is 3. The number of carbonyl (C=O) groups is 3. The molecule has 114 valence electrons. The topological polar surface area (TPSA) is 100 Å². The van der Waals surface area contributed by atoms with E-state index in [1.165, 1.54) is 6.26 Å². The molecule has 1 fully saturated rings.